The molecule has 0 fully saturated rings. The molecule has 0 saturated heterocycles. The molecule has 1 aromatic carbocycles. The number of sulfone groups is 1. The first kappa shape index (κ1) is 14.9. The lowest BCUT2D eigenvalue weighted by Crippen LogP contribution is -2.40. The van der Waals surface area contributed by atoms with Crippen molar-refractivity contribution in [1.29, 1.82) is 0 Å². The van der Waals surface area contributed by atoms with E-state index in [9.17, 15) is 16.8 Å². The van der Waals surface area contributed by atoms with Crippen molar-refractivity contribution in [2.45, 2.75) is 6.04 Å². The van der Waals surface area contributed by atoms with Crippen LogP contribution >= 0.6 is 0 Å². The van der Waals surface area contributed by atoms with E-state index < -0.39 is 25.9 Å². The van der Waals surface area contributed by atoms with Crippen LogP contribution in [0.5, 0.6) is 5.75 Å². The highest BCUT2D eigenvalue weighted by molar-refractivity contribution is 7.95. The summed E-state index contributed by atoms with van der Waals surface area (Å²) < 4.78 is 53.0. The third-order valence-electron chi connectivity index (χ3n) is 2.90. The number of rotatable bonds is 4. The van der Waals surface area contributed by atoms with E-state index >= 15 is 0 Å². The summed E-state index contributed by atoms with van der Waals surface area (Å²) in [7, 11) is -5.42. The van der Waals surface area contributed by atoms with Crippen LogP contribution in [0.15, 0.2) is 35.7 Å². The fraction of sp³-hybridized carbons (Fsp3) is 0.333. The maximum Gasteiger partial charge on any atom is 0.232 e. The highest BCUT2D eigenvalue weighted by atomic mass is 32.2. The molecule has 0 radical (unpaired) electrons. The molecule has 1 aliphatic rings. The Morgan fingerprint density at radius 2 is 1.85 bits per heavy atom. The first-order chi connectivity index (χ1) is 9.23. The molecule has 2 rings (SSSR count). The number of ether oxygens (including phenoxy) is 1. The zero-order valence-electron chi connectivity index (χ0n) is 11.1. The van der Waals surface area contributed by atoms with Crippen molar-refractivity contribution in [3.63, 3.8) is 0 Å². The second-order valence-corrected chi connectivity index (χ2v) is 8.27. The summed E-state index contributed by atoms with van der Waals surface area (Å²) in [6.45, 7) is 0. The summed E-state index contributed by atoms with van der Waals surface area (Å²) in [6.07, 6.45) is 2.44. The molecule has 0 aromatic heterocycles. The predicted molar refractivity (Wildman–Crippen MR) is 77.0 cm³/mol. The number of sulfonamides is 1. The smallest absolute Gasteiger partial charge is 0.232 e. The van der Waals surface area contributed by atoms with Gasteiger partial charge in [0.25, 0.3) is 0 Å². The first-order valence-electron chi connectivity index (χ1n) is 5.77. The van der Waals surface area contributed by atoms with Crippen molar-refractivity contribution in [3.05, 3.63) is 35.7 Å². The molecule has 110 valence electrons. The minimum absolute atomic E-state index is 0.244. The molecule has 8 heteroatoms. The first-order valence-corrected chi connectivity index (χ1v) is 9.34. The Morgan fingerprint density at radius 1 is 1.25 bits per heavy atom. The molecule has 1 aliphatic heterocycles. The average Bonchev–Trinajstić information content (AvgIpc) is 2.69. The standard InChI is InChI=1S/C12H15NO5S2/c1-18-12-5-3-10(4-6-12)13(19(2,14)15)11-7-8-20(16,17)9-11/h3-8,11H,9H2,1-2H3. The molecule has 1 aromatic rings. The van der Waals surface area contributed by atoms with Gasteiger partial charge in [-0.15, -0.1) is 0 Å². The van der Waals surface area contributed by atoms with E-state index in [1.54, 1.807) is 24.3 Å². The highest BCUT2D eigenvalue weighted by Crippen LogP contribution is 2.27. The van der Waals surface area contributed by atoms with Crippen LogP contribution in [0.3, 0.4) is 0 Å². The largest absolute Gasteiger partial charge is 0.497 e. The maximum absolute atomic E-state index is 12.0. The fourth-order valence-corrected chi connectivity index (χ4v) is 4.57. The molecule has 0 bridgehead atoms. The van der Waals surface area contributed by atoms with Gasteiger partial charge in [0.1, 0.15) is 5.75 Å². The van der Waals surface area contributed by atoms with Crippen LogP contribution in [0, 0.1) is 0 Å². The monoisotopic (exact) mass is 317 g/mol. The van der Waals surface area contributed by atoms with Crippen LogP contribution in [-0.2, 0) is 19.9 Å². The Balaban J connectivity index is 2.41. The van der Waals surface area contributed by atoms with E-state index in [0.29, 0.717) is 11.4 Å². The van der Waals surface area contributed by atoms with Gasteiger partial charge >= 0.3 is 0 Å². The molecule has 1 heterocycles. The SMILES string of the molecule is COc1ccc(N(C2C=CS(=O)(=O)C2)S(C)(=O)=O)cc1. The summed E-state index contributed by atoms with van der Waals surface area (Å²) in [5.74, 6) is 0.350. The van der Waals surface area contributed by atoms with E-state index in [4.69, 9.17) is 4.74 Å². The Bertz CT molecular complexity index is 720. The summed E-state index contributed by atoms with van der Waals surface area (Å²) >= 11 is 0. The van der Waals surface area contributed by atoms with Gasteiger partial charge in [0.05, 0.1) is 30.8 Å². The van der Waals surface area contributed by atoms with Crippen LogP contribution in [0.25, 0.3) is 0 Å². The van der Waals surface area contributed by atoms with Gasteiger partial charge in [0.2, 0.25) is 10.0 Å². The van der Waals surface area contributed by atoms with E-state index in [0.717, 1.165) is 16.0 Å². The van der Waals surface area contributed by atoms with Crippen LogP contribution in [-0.4, -0.2) is 42.0 Å². The number of hydrogen-bond acceptors (Lipinski definition) is 5. The second-order valence-electron chi connectivity index (χ2n) is 4.48. The molecule has 0 N–H and O–H groups in total. The number of anilines is 1. The van der Waals surface area contributed by atoms with Crippen molar-refractivity contribution in [3.8, 4) is 5.75 Å². The Morgan fingerprint density at radius 3 is 2.25 bits per heavy atom. The number of methoxy groups -OCH3 is 1. The lowest BCUT2D eigenvalue weighted by Gasteiger charge is -2.27. The molecular formula is C12H15NO5S2. The molecule has 0 amide bonds. The predicted octanol–water partition coefficient (Wildman–Crippen LogP) is 0.772. The fourth-order valence-electron chi connectivity index (χ4n) is 2.06. The van der Waals surface area contributed by atoms with Crippen molar-refractivity contribution >= 4 is 25.5 Å². The van der Waals surface area contributed by atoms with E-state index in [-0.39, 0.29) is 5.75 Å². The Kier molecular flexibility index (Phi) is 3.79. The molecule has 6 nitrogen and oxygen atoms in total. The number of hydrogen-bond donors (Lipinski definition) is 0. The average molecular weight is 317 g/mol. The molecule has 0 aliphatic carbocycles. The quantitative estimate of drug-likeness (QED) is 0.819. The molecule has 0 saturated carbocycles. The molecular weight excluding hydrogens is 302 g/mol. The van der Waals surface area contributed by atoms with Crippen LogP contribution in [0.1, 0.15) is 0 Å². The highest BCUT2D eigenvalue weighted by Gasteiger charge is 2.32. The molecule has 1 atom stereocenters. The van der Waals surface area contributed by atoms with Crippen LogP contribution in [0.4, 0.5) is 5.69 Å². The van der Waals surface area contributed by atoms with E-state index in [1.807, 2.05) is 0 Å². The van der Waals surface area contributed by atoms with E-state index in [2.05, 4.69) is 0 Å². The number of nitrogens with zero attached hydrogens (tertiary/aromatic N) is 1. The summed E-state index contributed by atoms with van der Waals surface area (Å²) in [5.41, 5.74) is 0.403. The zero-order chi connectivity index (χ0) is 15.0. The molecule has 20 heavy (non-hydrogen) atoms. The van der Waals surface area contributed by atoms with Gasteiger partial charge in [-0.2, -0.15) is 0 Å². The second kappa shape index (κ2) is 5.10. The van der Waals surface area contributed by atoms with Crippen LogP contribution < -0.4 is 9.04 Å². The van der Waals surface area contributed by atoms with Gasteiger partial charge in [-0.05, 0) is 30.3 Å². The summed E-state index contributed by atoms with van der Waals surface area (Å²) in [6, 6.07) is 5.70. The van der Waals surface area contributed by atoms with Gasteiger partial charge in [0.15, 0.2) is 9.84 Å². The van der Waals surface area contributed by atoms with Gasteiger partial charge in [0, 0.05) is 5.41 Å². The van der Waals surface area contributed by atoms with Crippen molar-refractivity contribution in [2.75, 3.05) is 23.4 Å². The summed E-state index contributed by atoms with van der Waals surface area (Å²) in [5, 5.41) is 1.05. The Labute approximate surface area is 118 Å². The Hall–Kier alpha value is -1.54. The van der Waals surface area contributed by atoms with E-state index in [1.165, 1.54) is 13.2 Å². The lowest BCUT2D eigenvalue weighted by molar-refractivity contribution is 0.415. The third-order valence-corrected chi connectivity index (χ3v) is 5.47. The lowest BCUT2D eigenvalue weighted by atomic mass is 10.2. The van der Waals surface area contributed by atoms with Gasteiger partial charge in [-0.25, -0.2) is 16.8 Å². The van der Waals surface area contributed by atoms with Gasteiger partial charge in [-0.1, -0.05) is 0 Å². The minimum atomic E-state index is -3.59. The van der Waals surface area contributed by atoms with Crippen molar-refractivity contribution < 1.29 is 21.6 Å². The topological polar surface area (TPSA) is 80.8 Å². The maximum atomic E-state index is 12.0. The molecule has 1 unspecified atom stereocenters. The number of benzene rings is 1. The summed E-state index contributed by atoms with van der Waals surface area (Å²) in [4.78, 5) is 0. The van der Waals surface area contributed by atoms with Crippen molar-refractivity contribution in [2.24, 2.45) is 0 Å². The minimum Gasteiger partial charge on any atom is -0.497 e. The van der Waals surface area contributed by atoms with Gasteiger partial charge in [-0.3, -0.25) is 4.31 Å². The zero-order valence-corrected chi connectivity index (χ0v) is 12.7. The van der Waals surface area contributed by atoms with Crippen LogP contribution in [0.2, 0.25) is 0 Å². The third kappa shape index (κ3) is 3.13. The molecule has 0 spiro atoms. The van der Waals surface area contributed by atoms with Gasteiger partial charge < -0.3 is 4.74 Å². The normalized spacial score (nSPS) is 20.8. The van der Waals surface area contributed by atoms with Crippen molar-refractivity contribution in [1.82, 2.24) is 0 Å².